The van der Waals surface area contributed by atoms with Crippen LogP contribution in [0.3, 0.4) is 0 Å². The molecule has 0 aromatic rings. The van der Waals surface area contributed by atoms with E-state index >= 15 is 0 Å². The van der Waals surface area contributed by atoms with Gasteiger partial charge in [-0.1, -0.05) is 312 Å². The highest BCUT2D eigenvalue weighted by molar-refractivity contribution is 7.47. The summed E-state index contributed by atoms with van der Waals surface area (Å²) in [5.41, 5.74) is 0. The fourth-order valence-electron chi connectivity index (χ4n) is 10.9. The van der Waals surface area contributed by atoms with Gasteiger partial charge in [0.15, 0.2) is 12.2 Å². The second-order valence-corrected chi connectivity index (χ2v) is 30.3. The first-order valence-electron chi connectivity index (χ1n) is 37.3. The number of rotatable bonds is 70. The van der Waals surface area contributed by atoms with Crippen molar-refractivity contribution in [2.45, 2.75) is 381 Å². The highest BCUT2D eigenvalue weighted by atomic mass is 31.2. The van der Waals surface area contributed by atoms with Crippen molar-refractivity contribution in [1.82, 2.24) is 0 Å². The largest absolute Gasteiger partial charge is 0.472 e. The van der Waals surface area contributed by atoms with Crippen molar-refractivity contribution in [1.29, 1.82) is 0 Å². The molecule has 91 heavy (non-hydrogen) atoms. The molecular weight excluding hydrogens is 1200 g/mol. The van der Waals surface area contributed by atoms with Crippen LogP contribution in [-0.4, -0.2) is 96.7 Å². The van der Waals surface area contributed by atoms with E-state index in [2.05, 4.69) is 48.5 Å². The summed E-state index contributed by atoms with van der Waals surface area (Å²) < 4.78 is 68.3. The van der Waals surface area contributed by atoms with E-state index in [4.69, 9.17) is 37.0 Å². The maximum Gasteiger partial charge on any atom is 0.472 e. The quantitative estimate of drug-likeness (QED) is 0.0222. The molecule has 2 unspecified atom stereocenters. The third-order valence-corrected chi connectivity index (χ3v) is 18.5. The first-order valence-corrected chi connectivity index (χ1v) is 40.3. The van der Waals surface area contributed by atoms with Gasteiger partial charge in [-0.15, -0.1) is 0 Å². The zero-order chi connectivity index (χ0) is 67.3. The highest BCUT2D eigenvalue weighted by Gasteiger charge is 2.30. The molecule has 0 aliphatic rings. The molecule has 0 heterocycles. The zero-order valence-corrected chi connectivity index (χ0v) is 61.1. The summed E-state index contributed by atoms with van der Waals surface area (Å²) >= 11 is 0. The van der Waals surface area contributed by atoms with E-state index < -0.39 is 97.5 Å². The SMILES string of the molecule is CCCCCCCCCCCCC(=O)OC[C@H](COP(=O)(O)OC[C@H](O)COP(=O)(O)OC[C@@H](COC(=O)CCCCCCCCCCCCC(C)C)OC(=O)CCCCCCCCCCCCCCCCC(C)C)OC(=O)CCCCCCCCCCC(C)C. The minimum Gasteiger partial charge on any atom is -0.462 e. The van der Waals surface area contributed by atoms with E-state index in [1.165, 1.54) is 173 Å². The fraction of sp³-hybridized carbons (Fsp3) is 0.944. The molecule has 0 rings (SSSR count). The Kier molecular flexibility index (Phi) is 61.5. The van der Waals surface area contributed by atoms with Gasteiger partial charge in [-0.2, -0.15) is 0 Å². The van der Waals surface area contributed by atoms with Crippen LogP contribution in [0, 0.1) is 17.8 Å². The molecule has 540 valence electrons. The predicted octanol–water partition coefficient (Wildman–Crippen LogP) is 20.6. The van der Waals surface area contributed by atoms with Gasteiger partial charge >= 0.3 is 39.5 Å². The number of phosphoric acid groups is 2. The van der Waals surface area contributed by atoms with Crippen molar-refractivity contribution in [3.63, 3.8) is 0 Å². The van der Waals surface area contributed by atoms with Gasteiger partial charge in [0.25, 0.3) is 0 Å². The summed E-state index contributed by atoms with van der Waals surface area (Å²) in [5, 5.41) is 10.6. The molecule has 0 aromatic carbocycles. The van der Waals surface area contributed by atoms with Crippen LogP contribution >= 0.6 is 15.6 Å². The lowest BCUT2D eigenvalue weighted by atomic mass is 10.0. The molecule has 0 aromatic heterocycles. The molecule has 0 aliphatic carbocycles. The van der Waals surface area contributed by atoms with E-state index in [1.54, 1.807) is 0 Å². The number of hydrogen-bond donors (Lipinski definition) is 3. The number of carbonyl (C=O) groups is 4. The molecular formula is C72H140O17P2. The average Bonchev–Trinajstić information content (AvgIpc) is 2.91. The van der Waals surface area contributed by atoms with Gasteiger partial charge in [-0.05, 0) is 43.4 Å². The van der Waals surface area contributed by atoms with Gasteiger partial charge < -0.3 is 33.8 Å². The lowest BCUT2D eigenvalue weighted by molar-refractivity contribution is -0.161. The third-order valence-electron chi connectivity index (χ3n) is 16.6. The van der Waals surface area contributed by atoms with Gasteiger partial charge in [0.1, 0.15) is 19.3 Å². The molecule has 0 radical (unpaired) electrons. The molecule has 0 saturated heterocycles. The van der Waals surface area contributed by atoms with Crippen LogP contribution in [-0.2, 0) is 65.4 Å². The second kappa shape index (κ2) is 62.8. The summed E-state index contributed by atoms with van der Waals surface area (Å²) in [7, 11) is -9.90. The molecule has 0 saturated carbocycles. The van der Waals surface area contributed by atoms with Crippen molar-refractivity contribution in [3.05, 3.63) is 0 Å². The number of hydrogen-bond acceptors (Lipinski definition) is 15. The molecule has 0 bridgehead atoms. The number of aliphatic hydroxyl groups excluding tert-OH is 1. The van der Waals surface area contributed by atoms with E-state index in [-0.39, 0.29) is 25.7 Å². The van der Waals surface area contributed by atoms with Crippen molar-refractivity contribution in [2.75, 3.05) is 39.6 Å². The Morgan fingerprint density at radius 2 is 0.505 bits per heavy atom. The van der Waals surface area contributed by atoms with Gasteiger partial charge in [-0.25, -0.2) is 9.13 Å². The van der Waals surface area contributed by atoms with Crippen LogP contribution in [0.15, 0.2) is 0 Å². The number of ether oxygens (including phenoxy) is 4. The first-order chi connectivity index (χ1) is 43.7. The summed E-state index contributed by atoms with van der Waals surface area (Å²) in [6.45, 7) is 11.8. The van der Waals surface area contributed by atoms with Crippen LogP contribution in [0.4, 0.5) is 0 Å². The van der Waals surface area contributed by atoms with Gasteiger partial charge in [0, 0.05) is 25.7 Å². The Morgan fingerprint density at radius 3 is 0.747 bits per heavy atom. The normalized spacial score (nSPS) is 14.2. The Morgan fingerprint density at radius 1 is 0.297 bits per heavy atom. The van der Waals surface area contributed by atoms with Crippen molar-refractivity contribution >= 4 is 39.5 Å². The second-order valence-electron chi connectivity index (χ2n) is 27.4. The average molecular weight is 1340 g/mol. The monoisotopic (exact) mass is 1340 g/mol. The number of aliphatic hydroxyl groups is 1. The minimum atomic E-state index is -4.95. The zero-order valence-electron chi connectivity index (χ0n) is 59.3. The maximum atomic E-state index is 13.0. The van der Waals surface area contributed by atoms with E-state index in [9.17, 15) is 43.2 Å². The number of esters is 4. The van der Waals surface area contributed by atoms with Crippen LogP contribution in [0.25, 0.3) is 0 Å². The van der Waals surface area contributed by atoms with Crippen LogP contribution in [0.1, 0.15) is 363 Å². The molecule has 0 fully saturated rings. The summed E-state index contributed by atoms with van der Waals surface area (Å²) in [6, 6.07) is 0. The Labute approximate surface area is 556 Å². The van der Waals surface area contributed by atoms with E-state index in [0.717, 1.165) is 108 Å². The Bertz CT molecular complexity index is 1780. The molecule has 0 amide bonds. The molecule has 0 aliphatic heterocycles. The smallest absolute Gasteiger partial charge is 0.462 e. The Balaban J connectivity index is 5.24. The van der Waals surface area contributed by atoms with Gasteiger partial charge in [0.2, 0.25) is 0 Å². The van der Waals surface area contributed by atoms with Crippen molar-refractivity contribution in [3.8, 4) is 0 Å². The van der Waals surface area contributed by atoms with E-state index in [0.29, 0.717) is 25.7 Å². The summed E-state index contributed by atoms with van der Waals surface area (Å²) in [4.78, 5) is 72.6. The third kappa shape index (κ3) is 66.5. The summed E-state index contributed by atoms with van der Waals surface area (Å²) in [5.74, 6) is 0.147. The highest BCUT2D eigenvalue weighted by Crippen LogP contribution is 2.45. The molecule has 3 N–H and O–H groups in total. The molecule has 19 heteroatoms. The standard InChI is InChI=1S/C72H140O17P2/c1-8-9-10-11-12-13-24-32-39-46-53-69(74)82-60-68(89-72(77)56-49-42-35-28-27-31-38-45-52-65(6)7)62-87-91(80,81)85-58-66(73)57-84-90(78,79)86-61-67(59-83-70(75)54-47-40-33-25-21-20-23-30-37-44-51-64(4)5)88-71(76)55-48-41-34-26-19-17-15-14-16-18-22-29-36-43-50-63(2)3/h63-68,73H,8-62H2,1-7H3,(H,78,79)(H,80,81)/t66-,67-,68-/m1/s1. The van der Waals surface area contributed by atoms with E-state index in [1.807, 2.05) is 0 Å². The Hall–Kier alpha value is -1.94. The topological polar surface area (TPSA) is 237 Å². The molecule has 0 spiro atoms. The van der Waals surface area contributed by atoms with Crippen LogP contribution in [0.2, 0.25) is 0 Å². The van der Waals surface area contributed by atoms with Crippen LogP contribution < -0.4 is 0 Å². The molecule has 17 nitrogen and oxygen atoms in total. The molecule has 5 atom stereocenters. The maximum absolute atomic E-state index is 13.0. The number of phosphoric ester groups is 2. The summed E-state index contributed by atoms with van der Waals surface area (Å²) in [6.07, 6.45) is 47.2. The van der Waals surface area contributed by atoms with Crippen LogP contribution in [0.5, 0.6) is 0 Å². The van der Waals surface area contributed by atoms with Crippen molar-refractivity contribution in [2.24, 2.45) is 17.8 Å². The lowest BCUT2D eigenvalue weighted by Gasteiger charge is -2.21. The fourth-order valence-corrected chi connectivity index (χ4v) is 12.5. The van der Waals surface area contributed by atoms with Gasteiger partial charge in [-0.3, -0.25) is 37.3 Å². The minimum absolute atomic E-state index is 0.104. The lowest BCUT2D eigenvalue weighted by Crippen LogP contribution is -2.30. The number of carbonyl (C=O) groups excluding carboxylic acids is 4. The first kappa shape index (κ1) is 89.1. The van der Waals surface area contributed by atoms with Crippen molar-refractivity contribution < 1.29 is 80.2 Å². The van der Waals surface area contributed by atoms with Gasteiger partial charge in [0.05, 0.1) is 26.4 Å². The number of unbranched alkanes of at least 4 members (excludes halogenated alkanes) is 38. The predicted molar refractivity (Wildman–Crippen MR) is 368 cm³/mol.